The first-order valence-electron chi connectivity index (χ1n) is 3.56. The SMILES string of the molecule is CC(=O)OCC1CC2OC12. The van der Waals surface area contributed by atoms with Gasteiger partial charge in [0.05, 0.1) is 18.8 Å². The van der Waals surface area contributed by atoms with Crippen molar-refractivity contribution in [2.24, 2.45) is 5.92 Å². The summed E-state index contributed by atoms with van der Waals surface area (Å²) in [6.07, 6.45) is 2.03. The van der Waals surface area contributed by atoms with Gasteiger partial charge < -0.3 is 9.47 Å². The lowest BCUT2D eigenvalue weighted by Crippen LogP contribution is -2.28. The molecule has 0 radical (unpaired) electrons. The molecule has 3 atom stereocenters. The lowest BCUT2D eigenvalue weighted by molar-refractivity contribution is -0.142. The summed E-state index contributed by atoms with van der Waals surface area (Å²) in [7, 11) is 0. The third-order valence-corrected chi connectivity index (χ3v) is 2.12. The Bertz CT molecular complexity index is 166. The fourth-order valence-electron chi connectivity index (χ4n) is 1.38. The highest BCUT2D eigenvalue weighted by Crippen LogP contribution is 2.46. The van der Waals surface area contributed by atoms with Crippen LogP contribution in [0.3, 0.4) is 0 Å². The summed E-state index contributed by atoms with van der Waals surface area (Å²) in [6.45, 7) is 1.99. The number of carbonyl (C=O) groups excluding carboxylic acids is 1. The Kier molecular flexibility index (Phi) is 1.20. The highest BCUT2D eigenvalue weighted by molar-refractivity contribution is 5.65. The third-order valence-electron chi connectivity index (χ3n) is 2.12. The average molecular weight is 142 g/mol. The Morgan fingerprint density at radius 3 is 3.00 bits per heavy atom. The van der Waals surface area contributed by atoms with E-state index in [4.69, 9.17) is 9.47 Å². The van der Waals surface area contributed by atoms with Crippen LogP contribution in [0.4, 0.5) is 0 Å². The number of carbonyl (C=O) groups is 1. The lowest BCUT2D eigenvalue weighted by Gasteiger charge is -2.18. The average Bonchev–Trinajstić information content (AvgIpc) is 2.41. The summed E-state index contributed by atoms with van der Waals surface area (Å²) in [5, 5.41) is 0. The van der Waals surface area contributed by atoms with Gasteiger partial charge in [-0.1, -0.05) is 0 Å². The zero-order valence-electron chi connectivity index (χ0n) is 5.87. The van der Waals surface area contributed by atoms with Gasteiger partial charge in [0, 0.05) is 12.8 Å². The lowest BCUT2D eigenvalue weighted by atomic mass is 9.86. The molecule has 2 aliphatic rings. The van der Waals surface area contributed by atoms with E-state index >= 15 is 0 Å². The third kappa shape index (κ3) is 0.904. The summed E-state index contributed by atoms with van der Waals surface area (Å²) >= 11 is 0. The van der Waals surface area contributed by atoms with Crippen LogP contribution in [0.15, 0.2) is 0 Å². The first-order valence-corrected chi connectivity index (χ1v) is 3.56. The molecule has 1 aliphatic heterocycles. The van der Waals surface area contributed by atoms with Crippen molar-refractivity contribution in [3.63, 3.8) is 0 Å². The molecule has 56 valence electrons. The van der Waals surface area contributed by atoms with E-state index in [1.807, 2.05) is 0 Å². The molecule has 1 saturated carbocycles. The molecule has 3 nitrogen and oxygen atoms in total. The number of fused-ring (bicyclic) bond motifs is 1. The molecule has 0 aromatic rings. The van der Waals surface area contributed by atoms with Gasteiger partial charge in [-0.25, -0.2) is 0 Å². The number of esters is 1. The minimum absolute atomic E-state index is 0.191. The Morgan fingerprint density at radius 2 is 2.60 bits per heavy atom. The molecule has 2 rings (SSSR count). The summed E-state index contributed by atoms with van der Waals surface area (Å²) in [4.78, 5) is 10.3. The summed E-state index contributed by atoms with van der Waals surface area (Å²) in [5.41, 5.74) is 0. The zero-order valence-corrected chi connectivity index (χ0v) is 5.87. The number of hydrogen-bond acceptors (Lipinski definition) is 3. The van der Waals surface area contributed by atoms with Gasteiger partial charge in [-0.3, -0.25) is 4.79 Å². The van der Waals surface area contributed by atoms with Crippen molar-refractivity contribution in [2.75, 3.05) is 6.61 Å². The van der Waals surface area contributed by atoms with Gasteiger partial charge in [0.1, 0.15) is 0 Å². The van der Waals surface area contributed by atoms with E-state index in [9.17, 15) is 4.79 Å². The molecule has 0 amide bonds. The highest BCUT2D eigenvalue weighted by atomic mass is 16.6. The molecular weight excluding hydrogens is 132 g/mol. The van der Waals surface area contributed by atoms with Crippen LogP contribution in [-0.2, 0) is 14.3 Å². The van der Waals surface area contributed by atoms with Gasteiger partial charge in [0.25, 0.3) is 0 Å². The second-order valence-corrected chi connectivity index (χ2v) is 2.94. The summed E-state index contributed by atoms with van der Waals surface area (Å²) in [6, 6.07) is 0. The predicted molar refractivity (Wildman–Crippen MR) is 33.4 cm³/mol. The molecular formula is C7H10O3. The number of hydrogen-bond donors (Lipinski definition) is 0. The zero-order chi connectivity index (χ0) is 7.14. The summed E-state index contributed by atoms with van der Waals surface area (Å²) < 4.78 is 10.0. The highest BCUT2D eigenvalue weighted by Gasteiger charge is 2.56. The van der Waals surface area contributed by atoms with E-state index in [2.05, 4.69) is 0 Å². The van der Waals surface area contributed by atoms with Crippen LogP contribution in [0.1, 0.15) is 13.3 Å². The van der Waals surface area contributed by atoms with E-state index in [0.717, 1.165) is 6.42 Å². The van der Waals surface area contributed by atoms with Crippen LogP contribution in [0.25, 0.3) is 0 Å². The van der Waals surface area contributed by atoms with Crippen molar-refractivity contribution in [2.45, 2.75) is 25.6 Å². The molecule has 0 bridgehead atoms. The Hall–Kier alpha value is -0.570. The van der Waals surface area contributed by atoms with Crippen molar-refractivity contribution in [3.8, 4) is 0 Å². The van der Waals surface area contributed by atoms with Crippen LogP contribution < -0.4 is 0 Å². The Balaban J connectivity index is 1.67. The van der Waals surface area contributed by atoms with Gasteiger partial charge in [0.15, 0.2) is 0 Å². The van der Waals surface area contributed by atoms with Crippen LogP contribution >= 0.6 is 0 Å². The van der Waals surface area contributed by atoms with E-state index in [1.54, 1.807) is 0 Å². The molecule has 10 heavy (non-hydrogen) atoms. The van der Waals surface area contributed by atoms with Crippen molar-refractivity contribution in [3.05, 3.63) is 0 Å². The number of ether oxygens (including phenoxy) is 2. The molecule has 2 fully saturated rings. The molecule has 0 N–H and O–H groups in total. The maximum Gasteiger partial charge on any atom is 0.302 e. The van der Waals surface area contributed by atoms with Gasteiger partial charge in [0.2, 0.25) is 0 Å². The molecule has 3 heteroatoms. The van der Waals surface area contributed by atoms with Gasteiger partial charge in [-0.2, -0.15) is 0 Å². The first kappa shape index (κ1) is 6.16. The molecule has 0 aromatic heterocycles. The van der Waals surface area contributed by atoms with Gasteiger partial charge in [-0.05, 0) is 6.42 Å². The fourth-order valence-corrected chi connectivity index (χ4v) is 1.38. The molecule has 1 saturated heterocycles. The predicted octanol–water partition coefficient (Wildman–Crippen LogP) is 0.337. The molecule has 3 unspecified atom stereocenters. The standard InChI is InChI=1S/C7H10O3/c1-4(8)9-3-5-2-6-7(5)10-6/h5-7H,2-3H2,1H3. The quantitative estimate of drug-likeness (QED) is 0.412. The van der Waals surface area contributed by atoms with Crippen molar-refractivity contribution < 1.29 is 14.3 Å². The minimum atomic E-state index is -0.191. The van der Waals surface area contributed by atoms with Crippen molar-refractivity contribution >= 4 is 5.97 Å². The van der Waals surface area contributed by atoms with Crippen molar-refractivity contribution in [1.29, 1.82) is 0 Å². The number of rotatable bonds is 2. The van der Waals surface area contributed by atoms with Crippen LogP contribution in [0.5, 0.6) is 0 Å². The maximum absolute atomic E-state index is 10.3. The van der Waals surface area contributed by atoms with E-state index in [-0.39, 0.29) is 5.97 Å². The van der Waals surface area contributed by atoms with E-state index in [0.29, 0.717) is 24.7 Å². The maximum atomic E-state index is 10.3. The smallest absolute Gasteiger partial charge is 0.302 e. The largest absolute Gasteiger partial charge is 0.465 e. The molecule has 1 aliphatic carbocycles. The molecule has 0 spiro atoms. The van der Waals surface area contributed by atoms with Crippen molar-refractivity contribution in [1.82, 2.24) is 0 Å². The summed E-state index contributed by atoms with van der Waals surface area (Å²) in [5.74, 6) is 0.304. The van der Waals surface area contributed by atoms with Gasteiger partial charge in [-0.15, -0.1) is 0 Å². The van der Waals surface area contributed by atoms with Gasteiger partial charge >= 0.3 is 5.97 Å². The topological polar surface area (TPSA) is 38.8 Å². The molecule has 1 heterocycles. The van der Waals surface area contributed by atoms with Crippen LogP contribution in [0.2, 0.25) is 0 Å². The monoisotopic (exact) mass is 142 g/mol. The van der Waals surface area contributed by atoms with Crippen LogP contribution in [-0.4, -0.2) is 24.8 Å². The van der Waals surface area contributed by atoms with E-state index < -0.39 is 0 Å². The normalized spacial score (nSPS) is 41.5. The number of epoxide rings is 1. The first-order chi connectivity index (χ1) is 4.77. The Morgan fingerprint density at radius 1 is 1.80 bits per heavy atom. The molecule has 0 aromatic carbocycles. The second-order valence-electron chi connectivity index (χ2n) is 2.94. The minimum Gasteiger partial charge on any atom is -0.465 e. The van der Waals surface area contributed by atoms with Crippen LogP contribution in [0, 0.1) is 5.92 Å². The Labute approximate surface area is 59.3 Å². The second kappa shape index (κ2) is 1.95. The fraction of sp³-hybridized carbons (Fsp3) is 0.857. The van der Waals surface area contributed by atoms with E-state index in [1.165, 1.54) is 6.92 Å².